The highest BCUT2D eigenvalue weighted by Gasteiger charge is 2.52. The summed E-state index contributed by atoms with van der Waals surface area (Å²) in [7, 11) is 0. The maximum Gasteiger partial charge on any atom is 0.0522 e. The lowest BCUT2D eigenvalue weighted by molar-refractivity contribution is -0.0130. The monoisotopic (exact) mass is 314 g/mol. The van der Waals surface area contributed by atoms with Crippen molar-refractivity contribution in [3.05, 3.63) is 29.6 Å². The Morgan fingerprint density at radius 3 is 2.96 bits per heavy atom. The normalized spacial score (nSPS) is 43.3. The fourth-order valence-electron chi connectivity index (χ4n) is 5.99. The largest absolute Gasteiger partial charge is 0.396 e. The van der Waals surface area contributed by atoms with Gasteiger partial charge < -0.3 is 5.11 Å². The summed E-state index contributed by atoms with van der Waals surface area (Å²) in [6.45, 7) is 9.54. The predicted octanol–water partition coefficient (Wildman–Crippen LogP) is 3.90. The van der Waals surface area contributed by atoms with E-state index in [0.29, 0.717) is 23.9 Å². The van der Waals surface area contributed by atoms with Crippen LogP contribution in [0.1, 0.15) is 57.2 Å². The Kier molecular flexibility index (Phi) is 3.49. The molecule has 1 aromatic heterocycles. The zero-order valence-corrected chi connectivity index (χ0v) is 14.6. The van der Waals surface area contributed by atoms with Gasteiger partial charge in [-0.25, -0.2) is 0 Å². The molecule has 0 radical (unpaired) electrons. The number of aliphatic hydroxyl groups excluding tert-OH is 1. The molecule has 3 nitrogen and oxygen atoms in total. The molecule has 4 rings (SSSR count). The SMILES string of the molecule is C=C1CCC2CC(C3(C)Cc4cn[nH]c4CC3CO)CCC12C. The fourth-order valence-corrected chi connectivity index (χ4v) is 5.99. The van der Waals surface area contributed by atoms with Crippen molar-refractivity contribution in [3.8, 4) is 0 Å². The van der Waals surface area contributed by atoms with E-state index in [1.165, 1.54) is 48.9 Å². The van der Waals surface area contributed by atoms with Crippen LogP contribution in [-0.4, -0.2) is 21.9 Å². The van der Waals surface area contributed by atoms with Crippen molar-refractivity contribution in [3.63, 3.8) is 0 Å². The summed E-state index contributed by atoms with van der Waals surface area (Å²) in [6.07, 6.45) is 10.5. The molecule has 0 aliphatic heterocycles. The van der Waals surface area contributed by atoms with Gasteiger partial charge in [-0.05, 0) is 79.1 Å². The number of aromatic nitrogens is 2. The first-order chi connectivity index (χ1) is 11.0. The molecule has 23 heavy (non-hydrogen) atoms. The molecule has 3 heteroatoms. The predicted molar refractivity (Wildman–Crippen MR) is 92.0 cm³/mol. The van der Waals surface area contributed by atoms with Crippen molar-refractivity contribution < 1.29 is 5.11 Å². The fraction of sp³-hybridized carbons (Fsp3) is 0.750. The second kappa shape index (κ2) is 5.20. The third-order valence-corrected chi connectivity index (χ3v) is 8.00. The van der Waals surface area contributed by atoms with Crippen molar-refractivity contribution >= 4 is 0 Å². The first kappa shape index (κ1) is 15.4. The van der Waals surface area contributed by atoms with Gasteiger partial charge in [0.05, 0.1) is 6.20 Å². The van der Waals surface area contributed by atoms with Gasteiger partial charge in [-0.1, -0.05) is 26.0 Å². The number of hydrogen-bond acceptors (Lipinski definition) is 2. The summed E-state index contributed by atoms with van der Waals surface area (Å²) < 4.78 is 0. The van der Waals surface area contributed by atoms with E-state index in [4.69, 9.17) is 0 Å². The lowest BCUT2D eigenvalue weighted by atomic mass is 9.53. The summed E-state index contributed by atoms with van der Waals surface area (Å²) in [4.78, 5) is 0. The van der Waals surface area contributed by atoms with Gasteiger partial charge in [0, 0.05) is 12.3 Å². The van der Waals surface area contributed by atoms with Crippen LogP contribution in [-0.2, 0) is 12.8 Å². The number of aliphatic hydroxyl groups is 1. The van der Waals surface area contributed by atoms with Gasteiger partial charge in [0.1, 0.15) is 0 Å². The summed E-state index contributed by atoms with van der Waals surface area (Å²) >= 11 is 0. The average Bonchev–Trinajstić information content (AvgIpc) is 3.10. The summed E-state index contributed by atoms with van der Waals surface area (Å²) in [5.41, 5.74) is 4.71. The minimum atomic E-state index is 0.205. The molecular formula is C20H30N2O. The molecule has 2 N–H and O–H groups in total. The maximum atomic E-state index is 10.1. The smallest absolute Gasteiger partial charge is 0.0522 e. The van der Waals surface area contributed by atoms with Crippen LogP contribution in [0.25, 0.3) is 0 Å². The highest BCUT2D eigenvalue weighted by molar-refractivity contribution is 5.25. The number of nitrogens with one attached hydrogen (secondary N) is 1. The average molecular weight is 314 g/mol. The first-order valence-electron chi connectivity index (χ1n) is 9.27. The molecule has 1 aromatic rings. The first-order valence-corrected chi connectivity index (χ1v) is 9.27. The van der Waals surface area contributed by atoms with Crippen molar-refractivity contribution in [1.82, 2.24) is 10.2 Å². The number of rotatable bonds is 2. The molecule has 0 amide bonds. The van der Waals surface area contributed by atoms with Crippen LogP contribution >= 0.6 is 0 Å². The number of H-pyrrole nitrogens is 1. The van der Waals surface area contributed by atoms with Gasteiger partial charge in [0.2, 0.25) is 0 Å². The Labute approximate surface area is 139 Å². The Morgan fingerprint density at radius 2 is 2.17 bits per heavy atom. The van der Waals surface area contributed by atoms with Crippen molar-refractivity contribution in [2.24, 2.45) is 28.6 Å². The number of aromatic amines is 1. The molecule has 0 spiro atoms. The molecular weight excluding hydrogens is 284 g/mol. The molecule has 0 bridgehead atoms. The zero-order chi connectivity index (χ0) is 16.2. The van der Waals surface area contributed by atoms with Crippen molar-refractivity contribution in [2.45, 2.75) is 58.8 Å². The van der Waals surface area contributed by atoms with E-state index in [-0.39, 0.29) is 5.41 Å². The van der Waals surface area contributed by atoms with Gasteiger partial charge in [-0.15, -0.1) is 0 Å². The number of hydrogen-bond donors (Lipinski definition) is 2. The maximum absolute atomic E-state index is 10.1. The van der Waals surface area contributed by atoms with E-state index in [9.17, 15) is 5.11 Å². The van der Waals surface area contributed by atoms with Crippen LogP contribution in [0.2, 0.25) is 0 Å². The highest BCUT2D eigenvalue weighted by Crippen LogP contribution is 2.60. The van der Waals surface area contributed by atoms with Crippen LogP contribution in [0.3, 0.4) is 0 Å². The van der Waals surface area contributed by atoms with E-state index in [1.54, 1.807) is 0 Å². The third kappa shape index (κ3) is 2.15. The molecule has 0 saturated heterocycles. The molecule has 0 aromatic carbocycles. The topological polar surface area (TPSA) is 48.9 Å². The molecule has 2 fully saturated rings. The Bertz CT molecular complexity index is 621. The summed E-state index contributed by atoms with van der Waals surface area (Å²) in [5, 5.41) is 17.4. The molecule has 1 heterocycles. The standard InChI is InChI=1S/C20H30N2O/c1-13-4-5-15-8-16(6-7-19(13,15)2)20(3)10-14-11-21-22-18(14)9-17(20)12-23/h11,15-17,23H,1,4-10,12H2,2-3H3,(H,21,22). The second-order valence-corrected chi connectivity index (χ2v) is 8.87. The molecule has 2 saturated carbocycles. The molecule has 3 aliphatic carbocycles. The minimum Gasteiger partial charge on any atom is -0.396 e. The number of nitrogens with zero attached hydrogens (tertiary/aromatic N) is 1. The van der Waals surface area contributed by atoms with E-state index in [1.807, 2.05) is 6.20 Å². The highest BCUT2D eigenvalue weighted by atomic mass is 16.3. The Morgan fingerprint density at radius 1 is 1.35 bits per heavy atom. The van der Waals surface area contributed by atoms with Crippen LogP contribution in [0.15, 0.2) is 18.3 Å². The molecule has 126 valence electrons. The van der Waals surface area contributed by atoms with E-state index < -0.39 is 0 Å². The van der Waals surface area contributed by atoms with E-state index >= 15 is 0 Å². The quantitative estimate of drug-likeness (QED) is 0.814. The van der Waals surface area contributed by atoms with Gasteiger partial charge in [-0.3, -0.25) is 5.10 Å². The van der Waals surface area contributed by atoms with Gasteiger partial charge in [0.15, 0.2) is 0 Å². The van der Waals surface area contributed by atoms with Gasteiger partial charge in [-0.2, -0.15) is 5.10 Å². The Balaban J connectivity index is 1.61. The van der Waals surface area contributed by atoms with Crippen molar-refractivity contribution in [2.75, 3.05) is 6.61 Å². The van der Waals surface area contributed by atoms with Gasteiger partial charge in [0.25, 0.3) is 0 Å². The van der Waals surface area contributed by atoms with Gasteiger partial charge >= 0.3 is 0 Å². The lowest BCUT2D eigenvalue weighted by Crippen LogP contribution is -2.47. The van der Waals surface area contributed by atoms with Crippen LogP contribution in [0.4, 0.5) is 0 Å². The third-order valence-electron chi connectivity index (χ3n) is 8.00. The Hall–Kier alpha value is -1.09. The van der Waals surface area contributed by atoms with Crippen LogP contribution in [0.5, 0.6) is 0 Å². The molecule has 3 aliphatic rings. The summed E-state index contributed by atoms with van der Waals surface area (Å²) in [5.74, 6) is 1.87. The number of fused-ring (bicyclic) bond motifs is 2. The van der Waals surface area contributed by atoms with Crippen LogP contribution < -0.4 is 0 Å². The number of allylic oxidation sites excluding steroid dienone is 1. The minimum absolute atomic E-state index is 0.205. The van der Waals surface area contributed by atoms with Crippen LogP contribution in [0, 0.1) is 28.6 Å². The lowest BCUT2D eigenvalue weighted by Gasteiger charge is -2.51. The second-order valence-electron chi connectivity index (χ2n) is 8.87. The molecule has 5 unspecified atom stereocenters. The van der Waals surface area contributed by atoms with Crippen molar-refractivity contribution in [1.29, 1.82) is 0 Å². The molecule has 5 atom stereocenters. The zero-order valence-electron chi connectivity index (χ0n) is 14.6. The van der Waals surface area contributed by atoms with E-state index in [2.05, 4.69) is 30.6 Å². The summed E-state index contributed by atoms with van der Waals surface area (Å²) in [6, 6.07) is 0. The van der Waals surface area contributed by atoms with E-state index in [0.717, 1.165) is 18.8 Å².